The molecule has 2 N–H and O–H groups in total. The fourth-order valence-corrected chi connectivity index (χ4v) is 3.79. The van der Waals surface area contributed by atoms with Gasteiger partial charge in [-0.2, -0.15) is 0 Å². The smallest absolute Gasteiger partial charge is 0.261 e. The molecule has 2 aromatic carbocycles. The molecule has 0 aromatic heterocycles. The normalized spacial score (nSPS) is 14.3. The van der Waals surface area contributed by atoms with Crippen LogP contribution in [0.3, 0.4) is 0 Å². The largest absolute Gasteiger partial charge is 0.381 e. The molecule has 0 saturated carbocycles. The molecular weight excluding hydrogens is 402 g/mol. The van der Waals surface area contributed by atoms with Crippen molar-refractivity contribution in [1.82, 2.24) is 4.90 Å². The van der Waals surface area contributed by atoms with Gasteiger partial charge in [-0.3, -0.25) is 19.2 Å². The molecule has 0 radical (unpaired) electrons. The number of sulfonamides is 1. The van der Waals surface area contributed by atoms with E-state index in [1.807, 2.05) is 26.0 Å². The summed E-state index contributed by atoms with van der Waals surface area (Å²) in [5, 5.41) is 3.24. The van der Waals surface area contributed by atoms with Crippen molar-refractivity contribution in [3.8, 4) is 0 Å². The highest BCUT2D eigenvalue weighted by atomic mass is 32.2. The van der Waals surface area contributed by atoms with Crippen LogP contribution < -0.4 is 10.0 Å². The van der Waals surface area contributed by atoms with Gasteiger partial charge in [0, 0.05) is 24.0 Å². The number of carbonyl (C=O) groups excluding carboxylic acids is 2. The Morgan fingerprint density at radius 3 is 2.03 bits per heavy atom. The van der Waals surface area contributed by atoms with E-state index in [-0.39, 0.29) is 17.9 Å². The molecule has 0 atom stereocenters. The van der Waals surface area contributed by atoms with E-state index in [0.29, 0.717) is 23.4 Å². The zero-order valence-corrected chi connectivity index (χ0v) is 18.6. The van der Waals surface area contributed by atoms with E-state index in [1.165, 1.54) is 4.90 Å². The minimum absolute atomic E-state index is 0.192. The van der Waals surface area contributed by atoms with Crippen LogP contribution in [0.25, 0.3) is 0 Å². The second-order valence-electron chi connectivity index (χ2n) is 8.60. The third-order valence-electron chi connectivity index (χ3n) is 4.94. The number of rotatable bonds is 6. The number of amides is 2. The fraction of sp³-hybridized carbons (Fsp3) is 0.364. The summed E-state index contributed by atoms with van der Waals surface area (Å²) in [5.74, 6) is -0.533. The Balaban J connectivity index is 1.68. The Hall–Kier alpha value is -2.87. The number of hydrogen-bond acceptors (Lipinski definition) is 5. The minimum Gasteiger partial charge on any atom is -0.381 e. The van der Waals surface area contributed by atoms with Crippen molar-refractivity contribution in [3.05, 3.63) is 59.2 Å². The highest BCUT2D eigenvalue weighted by Crippen LogP contribution is 2.27. The molecule has 8 heteroatoms. The van der Waals surface area contributed by atoms with Crippen LogP contribution in [0.1, 0.15) is 60.9 Å². The molecule has 0 aliphatic carbocycles. The maximum atomic E-state index is 12.5. The highest BCUT2D eigenvalue weighted by Gasteiger charge is 2.37. The molecule has 0 saturated heterocycles. The third kappa shape index (κ3) is 4.18. The number of benzene rings is 2. The van der Waals surface area contributed by atoms with Gasteiger partial charge < -0.3 is 5.32 Å². The first-order valence-corrected chi connectivity index (χ1v) is 11.3. The summed E-state index contributed by atoms with van der Waals surface area (Å²) in [6, 6.07) is 12.0. The average Bonchev–Trinajstić information content (AvgIpc) is 2.90. The molecule has 2 aromatic rings. The van der Waals surface area contributed by atoms with Crippen molar-refractivity contribution in [2.75, 3.05) is 10.0 Å². The lowest BCUT2D eigenvalue weighted by Gasteiger charge is -2.20. The van der Waals surface area contributed by atoms with Crippen LogP contribution >= 0.6 is 0 Å². The molecule has 0 unspecified atom stereocenters. The van der Waals surface area contributed by atoms with Gasteiger partial charge in [-0.25, -0.2) is 8.42 Å². The summed E-state index contributed by atoms with van der Waals surface area (Å²) in [6.07, 6.45) is 0. The van der Waals surface area contributed by atoms with Crippen LogP contribution in [0.15, 0.2) is 42.5 Å². The molecule has 160 valence electrons. The van der Waals surface area contributed by atoms with Gasteiger partial charge in [-0.05, 0) is 70.5 Å². The summed E-state index contributed by atoms with van der Waals surface area (Å²) in [7, 11) is -3.47. The molecule has 1 aliphatic rings. The molecule has 1 aliphatic heterocycles. The predicted molar refractivity (Wildman–Crippen MR) is 118 cm³/mol. The van der Waals surface area contributed by atoms with Crippen LogP contribution in [0.2, 0.25) is 0 Å². The first-order chi connectivity index (χ1) is 13.9. The number of imide groups is 1. The van der Waals surface area contributed by atoms with Gasteiger partial charge in [-0.15, -0.1) is 0 Å². The third-order valence-corrected chi connectivity index (χ3v) is 7.06. The first kappa shape index (κ1) is 21.8. The molecule has 30 heavy (non-hydrogen) atoms. The van der Waals surface area contributed by atoms with Crippen molar-refractivity contribution in [3.63, 3.8) is 0 Å². The van der Waals surface area contributed by atoms with Crippen LogP contribution in [0.4, 0.5) is 11.4 Å². The summed E-state index contributed by atoms with van der Waals surface area (Å²) < 4.78 is 26.2. The Bertz CT molecular complexity index is 1080. The Kier molecular flexibility index (Phi) is 5.64. The second kappa shape index (κ2) is 7.75. The summed E-state index contributed by atoms with van der Waals surface area (Å²) in [5.41, 5.74) is 3.02. The van der Waals surface area contributed by atoms with E-state index < -0.39 is 14.8 Å². The molecule has 0 spiro atoms. The average molecular weight is 430 g/mol. The minimum atomic E-state index is -3.47. The Morgan fingerprint density at radius 1 is 0.900 bits per heavy atom. The second-order valence-corrected chi connectivity index (χ2v) is 11.0. The topological polar surface area (TPSA) is 95.6 Å². The van der Waals surface area contributed by atoms with Crippen LogP contribution in [0, 0.1) is 0 Å². The lowest BCUT2D eigenvalue weighted by molar-refractivity contribution is 0.0609. The van der Waals surface area contributed by atoms with E-state index in [9.17, 15) is 18.0 Å². The number of hydrogen-bond donors (Lipinski definition) is 2. The van der Waals surface area contributed by atoms with E-state index in [2.05, 4.69) is 10.0 Å². The predicted octanol–water partition coefficient (Wildman–Crippen LogP) is 3.84. The van der Waals surface area contributed by atoms with Gasteiger partial charge in [0.2, 0.25) is 10.0 Å². The van der Waals surface area contributed by atoms with E-state index in [4.69, 9.17) is 0 Å². The summed E-state index contributed by atoms with van der Waals surface area (Å²) in [6.45, 7) is 9.04. The van der Waals surface area contributed by atoms with E-state index in [0.717, 1.165) is 11.3 Å². The van der Waals surface area contributed by atoms with Gasteiger partial charge in [0.15, 0.2) is 0 Å². The molecule has 7 nitrogen and oxygen atoms in total. The Morgan fingerprint density at radius 2 is 1.47 bits per heavy atom. The SMILES string of the molecule is CC(C)N1C(=O)c2ccc(NCc3ccc(NS(=O)(=O)C(C)(C)C)cc3)cc2C1=O. The zero-order valence-electron chi connectivity index (χ0n) is 17.8. The number of fused-ring (bicyclic) bond motifs is 1. The lowest BCUT2D eigenvalue weighted by atomic mass is 10.1. The van der Waals surface area contributed by atoms with Crippen molar-refractivity contribution in [2.45, 2.75) is 52.0 Å². The van der Waals surface area contributed by atoms with Crippen LogP contribution in [-0.4, -0.2) is 35.9 Å². The standard InChI is InChI=1S/C22H27N3O4S/c1-14(2)25-20(26)18-11-10-17(12-19(18)21(25)27)23-13-15-6-8-16(9-7-15)24-30(28,29)22(3,4)5/h6-12,14,23-24H,13H2,1-5H3. The molecule has 3 rings (SSSR count). The Labute approximate surface area is 177 Å². The van der Waals surface area contributed by atoms with Gasteiger partial charge in [-0.1, -0.05) is 12.1 Å². The van der Waals surface area contributed by atoms with E-state index >= 15 is 0 Å². The maximum absolute atomic E-state index is 12.5. The lowest BCUT2D eigenvalue weighted by Crippen LogP contribution is -2.35. The van der Waals surface area contributed by atoms with Crippen LogP contribution in [0.5, 0.6) is 0 Å². The number of nitrogens with zero attached hydrogens (tertiary/aromatic N) is 1. The van der Waals surface area contributed by atoms with Gasteiger partial charge in [0.1, 0.15) is 0 Å². The van der Waals surface area contributed by atoms with Gasteiger partial charge in [0.05, 0.1) is 15.9 Å². The quantitative estimate of drug-likeness (QED) is 0.680. The van der Waals surface area contributed by atoms with Crippen molar-refractivity contribution in [1.29, 1.82) is 0 Å². The van der Waals surface area contributed by atoms with E-state index in [1.54, 1.807) is 51.1 Å². The molecule has 1 heterocycles. The first-order valence-electron chi connectivity index (χ1n) is 9.78. The molecule has 0 fully saturated rings. The van der Waals surface area contributed by atoms with Crippen LogP contribution in [-0.2, 0) is 16.6 Å². The highest BCUT2D eigenvalue weighted by molar-refractivity contribution is 7.94. The fourth-order valence-electron chi connectivity index (χ4n) is 3.04. The van der Waals surface area contributed by atoms with Crippen molar-refractivity contribution in [2.24, 2.45) is 0 Å². The molecule has 2 amide bonds. The van der Waals surface area contributed by atoms with Crippen molar-refractivity contribution >= 4 is 33.2 Å². The van der Waals surface area contributed by atoms with Crippen molar-refractivity contribution < 1.29 is 18.0 Å². The molecule has 0 bridgehead atoms. The number of nitrogens with one attached hydrogen (secondary N) is 2. The van der Waals surface area contributed by atoms with Gasteiger partial charge >= 0.3 is 0 Å². The summed E-state index contributed by atoms with van der Waals surface area (Å²) >= 11 is 0. The summed E-state index contributed by atoms with van der Waals surface area (Å²) in [4.78, 5) is 26.2. The number of anilines is 2. The van der Waals surface area contributed by atoms with Gasteiger partial charge in [0.25, 0.3) is 11.8 Å². The monoisotopic (exact) mass is 429 g/mol. The zero-order chi connectivity index (χ0) is 22.3. The maximum Gasteiger partial charge on any atom is 0.261 e. The number of carbonyl (C=O) groups is 2. The molecular formula is C22H27N3O4S.